The summed E-state index contributed by atoms with van der Waals surface area (Å²) in [5.74, 6) is 0.145. The molecule has 1 saturated heterocycles. The maximum atomic E-state index is 13.2. The van der Waals surface area contributed by atoms with Crippen molar-refractivity contribution in [3.05, 3.63) is 48.8 Å². The Bertz CT molecular complexity index is 997. The van der Waals surface area contributed by atoms with Gasteiger partial charge in [-0.2, -0.15) is 0 Å². The Balaban J connectivity index is 1.73. The summed E-state index contributed by atoms with van der Waals surface area (Å²) in [6.07, 6.45) is 5.12. The van der Waals surface area contributed by atoms with Gasteiger partial charge in [0.1, 0.15) is 7.85 Å². The maximum absolute atomic E-state index is 13.2. The third kappa shape index (κ3) is 6.55. The molecule has 0 unspecified atom stereocenters. The lowest BCUT2D eigenvalue weighted by atomic mass is 10.0. The van der Waals surface area contributed by atoms with Gasteiger partial charge in [0.05, 0.1) is 11.4 Å². The molecule has 1 aliphatic heterocycles. The van der Waals surface area contributed by atoms with E-state index in [0.717, 1.165) is 25.2 Å². The second-order valence-electron chi connectivity index (χ2n) is 8.37. The number of aromatic nitrogens is 2. The van der Waals surface area contributed by atoms with Crippen LogP contribution in [0.1, 0.15) is 16.8 Å². The molecule has 2 amide bonds. The van der Waals surface area contributed by atoms with Gasteiger partial charge in [0, 0.05) is 57.2 Å². The van der Waals surface area contributed by atoms with Gasteiger partial charge in [0.25, 0.3) is 5.91 Å². The number of carbonyl (C=O) groups is 2. The smallest absolute Gasteiger partial charge is 0.254 e. The normalized spacial score (nSPS) is 15.4. The molecule has 1 aromatic carbocycles. The molecule has 2 aromatic rings. The van der Waals surface area contributed by atoms with Crippen molar-refractivity contribution < 1.29 is 9.59 Å². The average Bonchev–Trinajstić information content (AvgIpc) is 3.27. The van der Waals surface area contributed by atoms with Gasteiger partial charge in [0.2, 0.25) is 11.9 Å². The standard InChI is InChI=1S/C23H30BN7O2/c1-5-21(32)28-19-7-6-16(12-20(19)30(4)11-10-29(2)3)22(33)31-9-8-18(15-31)27-23-25-13-17(24)14-26-23/h5-7,12-14,18H,1,8-11,15H2,2-4H3,(H,28,32)(H,25,26,27)/t18-/m1/s1. The van der Waals surface area contributed by atoms with Crippen LogP contribution in [-0.4, -0.2) is 92.8 Å². The first-order valence-electron chi connectivity index (χ1n) is 10.8. The van der Waals surface area contributed by atoms with Gasteiger partial charge in [-0.3, -0.25) is 9.59 Å². The highest BCUT2D eigenvalue weighted by molar-refractivity contribution is 6.31. The molecular weight excluding hydrogens is 417 g/mol. The number of rotatable bonds is 9. The van der Waals surface area contributed by atoms with E-state index in [4.69, 9.17) is 7.85 Å². The molecule has 33 heavy (non-hydrogen) atoms. The van der Waals surface area contributed by atoms with Crippen molar-refractivity contribution in [3.63, 3.8) is 0 Å². The van der Waals surface area contributed by atoms with Crippen LogP contribution in [0.3, 0.4) is 0 Å². The Morgan fingerprint density at radius 3 is 2.64 bits per heavy atom. The first-order chi connectivity index (χ1) is 15.8. The number of likely N-dealkylation sites (N-methyl/N-ethyl adjacent to an activating group) is 2. The first kappa shape index (κ1) is 24.3. The molecule has 172 valence electrons. The number of likely N-dealkylation sites (tertiary alicyclic amines) is 1. The molecule has 0 saturated carbocycles. The van der Waals surface area contributed by atoms with Crippen LogP contribution in [-0.2, 0) is 4.79 Å². The van der Waals surface area contributed by atoms with Crippen LogP contribution >= 0.6 is 0 Å². The van der Waals surface area contributed by atoms with Gasteiger partial charge >= 0.3 is 0 Å². The van der Waals surface area contributed by atoms with Crippen molar-refractivity contribution in [1.29, 1.82) is 0 Å². The zero-order chi connectivity index (χ0) is 24.0. The third-order valence-corrected chi connectivity index (χ3v) is 5.46. The Kier molecular flexibility index (Phi) is 8.05. The maximum Gasteiger partial charge on any atom is 0.254 e. The fourth-order valence-electron chi connectivity index (χ4n) is 3.58. The summed E-state index contributed by atoms with van der Waals surface area (Å²) in [5, 5.41) is 6.09. The van der Waals surface area contributed by atoms with Crippen LogP contribution in [0.2, 0.25) is 0 Å². The summed E-state index contributed by atoms with van der Waals surface area (Å²) in [4.78, 5) is 39.4. The van der Waals surface area contributed by atoms with Crippen LogP contribution < -0.4 is 21.0 Å². The van der Waals surface area contributed by atoms with E-state index in [1.165, 1.54) is 6.08 Å². The number of benzene rings is 1. The molecule has 0 bridgehead atoms. The highest BCUT2D eigenvalue weighted by Crippen LogP contribution is 2.28. The number of nitrogens with one attached hydrogen (secondary N) is 2. The zero-order valence-electron chi connectivity index (χ0n) is 19.4. The number of carbonyl (C=O) groups excluding carboxylic acids is 2. The van der Waals surface area contributed by atoms with Crippen LogP contribution in [0.5, 0.6) is 0 Å². The Morgan fingerprint density at radius 1 is 1.24 bits per heavy atom. The van der Waals surface area contributed by atoms with E-state index < -0.39 is 0 Å². The van der Waals surface area contributed by atoms with E-state index in [0.29, 0.717) is 35.8 Å². The van der Waals surface area contributed by atoms with Crippen LogP contribution in [0.4, 0.5) is 17.3 Å². The highest BCUT2D eigenvalue weighted by Gasteiger charge is 2.28. The lowest BCUT2D eigenvalue weighted by Gasteiger charge is -2.25. The Hall–Kier alpha value is -3.40. The van der Waals surface area contributed by atoms with Crippen molar-refractivity contribution in [3.8, 4) is 0 Å². The van der Waals surface area contributed by atoms with Crippen molar-refractivity contribution >= 4 is 42.4 Å². The van der Waals surface area contributed by atoms with E-state index in [1.54, 1.807) is 24.5 Å². The summed E-state index contributed by atoms with van der Waals surface area (Å²) in [5.41, 5.74) is 2.49. The van der Waals surface area contributed by atoms with Crippen molar-refractivity contribution in [2.24, 2.45) is 0 Å². The fraction of sp³-hybridized carbons (Fsp3) is 0.391. The molecule has 0 spiro atoms. The van der Waals surface area contributed by atoms with Gasteiger partial charge in [-0.05, 0) is 44.8 Å². The Morgan fingerprint density at radius 2 is 1.97 bits per heavy atom. The number of amides is 2. The molecule has 2 heterocycles. The lowest BCUT2D eigenvalue weighted by Crippen LogP contribution is -2.32. The summed E-state index contributed by atoms with van der Waals surface area (Å²) >= 11 is 0. The summed E-state index contributed by atoms with van der Waals surface area (Å²) in [7, 11) is 11.6. The van der Waals surface area contributed by atoms with Crippen LogP contribution in [0.25, 0.3) is 0 Å². The van der Waals surface area contributed by atoms with Crippen molar-refractivity contribution in [1.82, 2.24) is 19.8 Å². The van der Waals surface area contributed by atoms with Crippen LogP contribution in [0.15, 0.2) is 43.2 Å². The summed E-state index contributed by atoms with van der Waals surface area (Å²) in [6, 6.07) is 5.41. The van der Waals surface area contributed by atoms with Crippen LogP contribution in [0, 0.1) is 0 Å². The molecule has 3 rings (SSSR count). The minimum atomic E-state index is -0.297. The SMILES string of the molecule is [B]c1cnc(N[C@@H]2CCN(C(=O)c3ccc(NC(=O)C=C)c(N(C)CCN(C)C)c3)C2)nc1. The second kappa shape index (κ2) is 11.0. The van der Waals surface area contributed by atoms with E-state index in [-0.39, 0.29) is 17.9 Å². The zero-order valence-corrected chi connectivity index (χ0v) is 19.4. The number of hydrogen-bond acceptors (Lipinski definition) is 7. The molecule has 1 fully saturated rings. The highest BCUT2D eigenvalue weighted by atomic mass is 16.2. The predicted molar refractivity (Wildman–Crippen MR) is 132 cm³/mol. The molecule has 1 aliphatic rings. The predicted octanol–water partition coefficient (Wildman–Crippen LogP) is 0.719. The number of hydrogen-bond donors (Lipinski definition) is 2. The summed E-state index contributed by atoms with van der Waals surface area (Å²) in [6.45, 7) is 6.26. The van der Waals surface area contributed by atoms with Gasteiger partial charge in [-0.15, -0.1) is 0 Å². The molecule has 2 N–H and O–H groups in total. The van der Waals surface area contributed by atoms with Gasteiger partial charge in [-0.25, -0.2) is 9.97 Å². The topological polar surface area (TPSA) is 93.7 Å². The van der Waals surface area contributed by atoms with E-state index in [2.05, 4.69) is 32.1 Å². The average molecular weight is 447 g/mol. The van der Waals surface area contributed by atoms with Gasteiger partial charge in [0.15, 0.2) is 0 Å². The molecule has 1 aromatic heterocycles. The second-order valence-corrected chi connectivity index (χ2v) is 8.37. The molecule has 9 nitrogen and oxygen atoms in total. The Labute approximate surface area is 196 Å². The lowest BCUT2D eigenvalue weighted by molar-refractivity contribution is -0.111. The number of nitrogens with zero attached hydrogens (tertiary/aromatic N) is 5. The van der Waals surface area contributed by atoms with Gasteiger partial charge < -0.3 is 25.3 Å². The minimum absolute atomic E-state index is 0.0543. The number of anilines is 3. The minimum Gasteiger partial charge on any atom is -0.372 e. The van der Waals surface area contributed by atoms with Crippen molar-refractivity contribution in [2.75, 3.05) is 62.9 Å². The first-order valence-corrected chi connectivity index (χ1v) is 10.8. The van der Waals surface area contributed by atoms with E-state index in [1.807, 2.05) is 37.0 Å². The summed E-state index contributed by atoms with van der Waals surface area (Å²) < 4.78 is 0. The quantitative estimate of drug-likeness (QED) is 0.432. The van der Waals surface area contributed by atoms with Crippen molar-refractivity contribution in [2.45, 2.75) is 12.5 Å². The largest absolute Gasteiger partial charge is 0.372 e. The van der Waals surface area contributed by atoms with E-state index >= 15 is 0 Å². The monoisotopic (exact) mass is 447 g/mol. The van der Waals surface area contributed by atoms with E-state index in [9.17, 15) is 9.59 Å². The molecule has 10 heteroatoms. The molecule has 1 atom stereocenters. The fourth-order valence-corrected chi connectivity index (χ4v) is 3.58. The molecular formula is C23H30BN7O2. The third-order valence-electron chi connectivity index (χ3n) is 5.46. The molecule has 0 aliphatic carbocycles. The van der Waals surface area contributed by atoms with Gasteiger partial charge in [-0.1, -0.05) is 12.0 Å². The molecule has 2 radical (unpaired) electrons.